The summed E-state index contributed by atoms with van der Waals surface area (Å²) in [4.78, 5) is 29.0. The van der Waals surface area contributed by atoms with Gasteiger partial charge in [-0.15, -0.1) is 11.3 Å². The number of allylic oxidation sites excluding steroid dienone is 1. The third kappa shape index (κ3) is 1.95. The lowest BCUT2D eigenvalue weighted by molar-refractivity contribution is 0.0990. The fourth-order valence-electron chi connectivity index (χ4n) is 2.42. The number of ketones is 2. The summed E-state index contributed by atoms with van der Waals surface area (Å²) in [5.41, 5.74) is 1.67. The van der Waals surface area contributed by atoms with E-state index in [1.165, 1.54) is 11.3 Å². The quantitative estimate of drug-likeness (QED) is 0.532. The number of aromatic nitrogens is 1. The van der Waals surface area contributed by atoms with Crippen molar-refractivity contribution >= 4 is 29.0 Å². The summed E-state index contributed by atoms with van der Waals surface area (Å²) < 4.78 is 5.29. The summed E-state index contributed by atoms with van der Waals surface area (Å²) >= 11 is 1.40. The van der Waals surface area contributed by atoms with Gasteiger partial charge in [-0.25, -0.2) is 4.98 Å². The molecule has 22 heavy (non-hydrogen) atoms. The van der Waals surface area contributed by atoms with E-state index in [0.717, 1.165) is 0 Å². The first-order valence-electron chi connectivity index (χ1n) is 6.63. The van der Waals surface area contributed by atoms with E-state index in [1.54, 1.807) is 48.1 Å². The van der Waals surface area contributed by atoms with Crippen LogP contribution in [0.25, 0.3) is 16.8 Å². The van der Waals surface area contributed by atoms with E-state index in [1.807, 2.05) is 6.07 Å². The molecule has 0 bridgehead atoms. The lowest BCUT2D eigenvalue weighted by atomic mass is 10.1. The lowest BCUT2D eigenvalue weighted by Crippen LogP contribution is -2.00. The molecule has 0 fully saturated rings. The van der Waals surface area contributed by atoms with Gasteiger partial charge in [-0.2, -0.15) is 0 Å². The predicted octanol–water partition coefficient (Wildman–Crippen LogP) is 3.87. The number of benzene rings is 1. The van der Waals surface area contributed by atoms with Gasteiger partial charge in [-0.3, -0.25) is 9.59 Å². The Morgan fingerprint density at radius 2 is 1.73 bits per heavy atom. The van der Waals surface area contributed by atoms with Gasteiger partial charge in [0.1, 0.15) is 0 Å². The van der Waals surface area contributed by atoms with Crippen molar-refractivity contribution in [2.45, 2.75) is 0 Å². The Hall–Kier alpha value is -2.79. The first-order valence-corrected chi connectivity index (χ1v) is 7.51. The van der Waals surface area contributed by atoms with E-state index >= 15 is 0 Å². The molecule has 0 spiro atoms. The van der Waals surface area contributed by atoms with Crippen molar-refractivity contribution in [3.8, 4) is 10.8 Å². The lowest BCUT2D eigenvalue weighted by Gasteiger charge is -1.91. The first-order chi connectivity index (χ1) is 10.7. The van der Waals surface area contributed by atoms with Gasteiger partial charge in [-0.1, -0.05) is 24.3 Å². The topological polar surface area (TPSA) is 60.2 Å². The van der Waals surface area contributed by atoms with Gasteiger partial charge < -0.3 is 4.42 Å². The van der Waals surface area contributed by atoms with Crippen molar-refractivity contribution < 1.29 is 14.0 Å². The average molecular weight is 307 g/mol. The molecule has 3 aromatic rings. The highest BCUT2D eigenvalue weighted by molar-refractivity contribution is 7.13. The second-order valence-electron chi connectivity index (χ2n) is 4.82. The second-order valence-corrected chi connectivity index (χ2v) is 5.67. The average Bonchev–Trinajstić information content (AvgIpc) is 3.25. The summed E-state index contributed by atoms with van der Waals surface area (Å²) in [6, 6.07) is 10.5. The molecule has 0 N–H and O–H groups in total. The molecule has 2 aromatic heterocycles. The highest BCUT2D eigenvalue weighted by atomic mass is 32.1. The Kier molecular flexibility index (Phi) is 2.87. The summed E-state index contributed by atoms with van der Waals surface area (Å²) in [7, 11) is 0. The molecule has 106 valence electrons. The largest absolute Gasteiger partial charge is 0.462 e. The molecule has 1 aliphatic carbocycles. The van der Waals surface area contributed by atoms with Gasteiger partial charge in [0, 0.05) is 16.5 Å². The van der Waals surface area contributed by atoms with Crippen molar-refractivity contribution in [3.63, 3.8) is 0 Å². The maximum absolute atomic E-state index is 12.3. The van der Waals surface area contributed by atoms with Crippen molar-refractivity contribution in [2.75, 3.05) is 0 Å². The van der Waals surface area contributed by atoms with E-state index in [9.17, 15) is 9.59 Å². The standard InChI is InChI=1S/C17H9NO3S/c19-15-11-4-1-2-5-12(11)16(20)13(15)8-10-9-22-17(18-10)14-6-3-7-21-14/h1-9H. The fraction of sp³-hybridized carbons (Fsp3) is 0. The molecular weight excluding hydrogens is 298 g/mol. The van der Waals surface area contributed by atoms with Crippen molar-refractivity contribution in [1.29, 1.82) is 0 Å². The van der Waals surface area contributed by atoms with Crippen LogP contribution in [0.1, 0.15) is 26.4 Å². The van der Waals surface area contributed by atoms with Crippen molar-refractivity contribution in [2.24, 2.45) is 0 Å². The summed E-state index contributed by atoms with van der Waals surface area (Å²) in [6.07, 6.45) is 3.13. The molecule has 5 heteroatoms. The molecule has 4 rings (SSSR count). The summed E-state index contributed by atoms with van der Waals surface area (Å²) in [5.74, 6) is 0.184. The minimum atomic E-state index is -0.242. The number of hydrogen-bond acceptors (Lipinski definition) is 5. The predicted molar refractivity (Wildman–Crippen MR) is 82.9 cm³/mol. The van der Waals surface area contributed by atoms with Gasteiger partial charge in [0.2, 0.25) is 0 Å². The monoisotopic (exact) mass is 307 g/mol. The summed E-state index contributed by atoms with van der Waals surface area (Å²) in [6.45, 7) is 0. The fourth-order valence-corrected chi connectivity index (χ4v) is 3.16. The number of thiazole rings is 1. The SMILES string of the molecule is O=C1C(=Cc2csc(-c3ccco3)n2)C(=O)c2ccccc21. The van der Waals surface area contributed by atoms with Crippen LogP contribution in [0.2, 0.25) is 0 Å². The van der Waals surface area contributed by atoms with E-state index in [-0.39, 0.29) is 17.1 Å². The highest BCUT2D eigenvalue weighted by Crippen LogP contribution is 2.29. The van der Waals surface area contributed by atoms with Gasteiger partial charge in [0.25, 0.3) is 0 Å². The second kappa shape index (κ2) is 4.89. The number of carbonyl (C=O) groups excluding carboxylic acids is 2. The molecule has 0 unspecified atom stereocenters. The normalized spacial score (nSPS) is 13.5. The Balaban J connectivity index is 1.73. The van der Waals surface area contributed by atoms with Crippen LogP contribution in [0, 0.1) is 0 Å². The Morgan fingerprint density at radius 3 is 2.36 bits per heavy atom. The molecule has 0 saturated heterocycles. The van der Waals surface area contributed by atoms with E-state index < -0.39 is 0 Å². The van der Waals surface area contributed by atoms with Crippen LogP contribution in [-0.2, 0) is 0 Å². The third-order valence-corrected chi connectivity index (χ3v) is 4.33. The Morgan fingerprint density at radius 1 is 1.00 bits per heavy atom. The molecule has 0 saturated carbocycles. The van der Waals surface area contributed by atoms with E-state index in [4.69, 9.17) is 4.42 Å². The Labute approximate surface area is 129 Å². The minimum Gasteiger partial charge on any atom is -0.462 e. The molecule has 2 heterocycles. The summed E-state index contributed by atoms with van der Waals surface area (Å²) in [5, 5.41) is 2.52. The Bertz CT molecular complexity index is 882. The molecule has 1 aliphatic rings. The molecule has 1 aromatic carbocycles. The van der Waals surface area contributed by atoms with Crippen LogP contribution in [0.5, 0.6) is 0 Å². The van der Waals surface area contributed by atoms with Crippen LogP contribution in [0.3, 0.4) is 0 Å². The number of Topliss-reactive ketones (excluding diaryl/α,β-unsaturated/α-hetero) is 2. The maximum Gasteiger partial charge on any atom is 0.197 e. The number of fused-ring (bicyclic) bond motifs is 1. The van der Waals surface area contributed by atoms with Crippen molar-refractivity contribution in [1.82, 2.24) is 4.98 Å². The van der Waals surface area contributed by atoms with Crippen LogP contribution >= 0.6 is 11.3 Å². The molecule has 0 aliphatic heterocycles. The first kappa shape index (κ1) is 12.9. The van der Waals surface area contributed by atoms with E-state index in [0.29, 0.717) is 27.6 Å². The number of hydrogen-bond donors (Lipinski definition) is 0. The molecular formula is C17H9NO3S. The molecule has 0 radical (unpaired) electrons. The van der Waals surface area contributed by atoms with Crippen LogP contribution < -0.4 is 0 Å². The molecule has 0 atom stereocenters. The zero-order chi connectivity index (χ0) is 15.1. The third-order valence-electron chi connectivity index (χ3n) is 3.45. The number of carbonyl (C=O) groups is 2. The number of nitrogens with zero attached hydrogens (tertiary/aromatic N) is 1. The molecule has 0 amide bonds. The van der Waals surface area contributed by atoms with Gasteiger partial charge in [0.15, 0.2) is 22.3 Å². The van der Waals surface area contributed by atoms with Crippen molar-refractivity contribution in [3.05, 3.63) is 70.4 Å². The van der Waals surface area contributed by atoms with Gasteiger partial charge >= 0.3 is 0 Å². The van der Waals surface area contributed by atoms with Crippen LogP contribution in [0.15, 0.2) is 58.0 Å². The number of rotatable bonds is 2. The maximum atomic E-state index is 12.3. The molecule has 4 nitrogen and oxygen atoms in total. The zero-order valence-corrected chi connectivity index (χ0v) is 12.1. The van der Waals surface area contributed by atoms with E-state index in [2.05, 4.69) is 4.98 Å². The van der Waals surface area contributed by atoms with Crippen LogP contribution in [0.4, 0.5) is 0 Å². The zero-order valence-electron chi connectivity index (χ0n) is 11.3. The number of furan rings is 1. The van der Waals surface area contributed by atoms with Crippen LogP contribution in [-0.4, -0.2) is 16.6 Å². The highest BCUT2D eigenvalue weighted by Gasteiger charge is 2.32. The minimum absolute atomic E-state index is 0.164. The smallest absolute Gasteiger partial charge is 0.197 e. The van der Waals surface area contributed by atoms with Gasteiger partial charge in [-0.05, 0) is 18.2 Å². The van der Waals surface area contributed by atoms with Gasteiger partial charge in [0.05, 0.1) is 17.5 Å².